The fourth-order valence-corrected chi connectivity index (χ4v) is 3.99. The summed E-state index contributed by atoms with van der Waals surface area (Å²) < 4.78 is 73.2. The van der Waals surface area contributed by atoms with Crippen LogP contribution < -0.4 is 9.46 Å². The summed E-state index contributed by atoms with van der Waals surface area (Å²) in [6, 6.07) is 10.0. The molecule has 0 unspecified atom stereocenters. The summed E-state index contributed by atoms with van der Waals surface area (Å²) in [4.78, 5) is -0.210. The third-order valence-electron chi connectivity index (χ3n) is 3.63. The molecule has 0 spiro atoms. The van der Waals surface area contributed by atoms with Crippen LogP contribution in [0.2, 0.25) is 5.02 Å². The minimum Gasteiger partial charge on any atom is -0.406 e. The van der Waals surface area contributed by atoms with Crippen LogP contribution in [0, 0.1) is 0 Å². The van der Waals surface area contributed by atoms with Crippen LogP contribution in [0.25, 0.3) is 0 Å². The highest BCUT2D eigenvalue weighted by atomic mass is 35.5. The average molecular weight is 424 g/mol. The smallest absolute Gasteiger partial charge is 0.406 e. The first kappa shape index (κ1) is 21.5. The highest BCUT2D eigenvalue weighted by Gasteiger charge is 2.31. The highest BCUT2D eigenvalue weighted by Crippen LogP contribution is 2.29. The molecule has 0 aliphatic carbocycles. The molecule has 2 aromatic carbocycles. The van der Waals surface area contributed by atoms with Gasteiger partial charge < -0.3 is 9.47 Å². The van der Waals surface area contributed by atoms with Gasteiger partial charge in [-0.1, -0.05) is 29.8 Å². The lowest BCUT2D eigenvalue weighted by molar-refractivity contribution is -0.274. The molecule has 148 valence electrons. The summed E-state index contributed by atoms with van der Waals surface area (Å²) in [7, 11) is -2.59. The normalized spacial score (nSPS) is 14.6. The monoisotopic (exact) mass is 423 g/mol. The molecule has 27 heavy (non-hydrogen) atoms. The molecule has 5 nitrogen and oxygen atoms in total. The number of ether oxygens (including phenoxy) is 2. The molecule has 1 N–H and O–H groups in total. The maximum atomic E-state index is 12.5. The minimum atomic E-state index is -4.85. The lowest BCUT2D eigenvalue weighted by atomic mass is 10.0. The van der Waals surface area contributed by atoms with E-state index in [4.69, 9.17) is 16.3 Å². The number of hydrogen-bond donors (Lipinski definition) is 1. The van der Waals surface area contributed by atoms with E-state index >= 15 is 0 Å². The zero-order valence-corrected chi connectivity index (χ0v) is 15.9. The van der Waals surface area contributed by atoms with Crippen molar-refractivity contribution in [2.75, 3.05) is 7.11 Å². The van der Waals surface area contributed by atoms with Gasteiger partial charge in [-0.2, -0.15) is 0 Å². The van der Waals surface area contributed by atoms with E-state index in [0.717, 1.165) is 24.3 Å². The molecule has 0 amide bonds. The molecular weight excluding hydrogens is 407 g/mol. The van der Waals surface area contributed by atoms with Gasteiger partial charge in [0.15, 0.2) is 0 Å². The van der Waals surface area contributed by atoms with Gasteiger partial charge >= 0.3 is 6.36 Å². The molecule has 0 radical (unpaired) electrons. The van der Waals surface area contributed by atoms with Crippen LogP contribution in [-0.4, -0.2) is 27.9 Å². The van der Waals surface area contributed by atoms with E-state index in [-0.39, 0.29) is 4.90 Å². The molecule has 2 atom stereocenters. The maximum absolute atomic E-state index is 12.5. The van der Waals surface area contributed by atoms with Gasteiger partial charge in [-0.05, 0) is 37.3 Å². The Kier molecular flexibility index (Phi) is 6.74. The van der Waals surface area contributed by atoms with Crippen LogP contribution >= 0.6 is 11.6 Å². The lowest BCUT2D eigenvalue weighted by Gasteiger charge is -2.24. The Balaban J connectivity index is 2.18. The predicted octanol–water partition coefficient (Wildman–Crippen LogP) is 4.29. The third kappa shape index (κ3) is 5.83. The molecule has 2 aromatic rings. The summed E-state index contributed by atoms with van der Waals surface area (Å²) in [5, 5.41) is 0.420. The second-order valence-electron chi connectivity index (χ2n) is 5.61. The molecular formula is C17H17ClF3NO4S. The maximum Gasteiger partial charge on any atom is 0.573 e. The van der Waals surface area contributed by atoms with Crippen molar-refractivity contribution in [3.63, 3.8) is 0 Å². The lowest BCUT2D eigenvalue weighted by Crippen LogP contribution is -2.37. The minimum absolute atomic E-state index is 0.210. The summed E-state index contributed by atoms with van der Waals surface area (Å²) >= 11 is 6.14. The van der Waals surface area contributed by atoms with Crippen LogP contribution in [0.3, 0.4) is 0 Å². The highest BCUT2D eigenvalue weighted by molar-refractivity contribution is 7.89. The van der Waals surface area contributed by atoms with E-state index in [0.29, 0.717) is 10.6 Å². The number of alkyl halides is 3. The molecule has 0 saturated heterocycles. The van der Waals surface area contributed by atoms with Crippen molar-refractivity contribution in [2.24, 2.45) is 0 Å². The van der Waals surface area contributed by atoms with Crippen LogP contribution in [0.5, 0.6) is 5.75 Å². The Labute approximate surface area is 160 Å². The number of rotatable bonds is 7. The first-order valence-corrected chi connectivity index (χ1v) is 9.55. The average Bonchev–Trinajstić information content (AvgIpc) is 2.56. The molecule has 2 rings (SSSR count). The first-order valence-electron chi connectivity index (χ1n) is 7.69. The van der Waals surface area contributed by atoms with E-state index in [9.17, 15) is 21.6 Å². The molecule has 0 fully saturated rings. The number of methoxy groups -OCH3 is 1. The zero-order valence-electron chi connectivity index (χ0n) is 14.3. The number of sulfonamides is 1. The van der Waals surface area contributed by atoms with Crippen molar-refractivity contribution < 1.29 is 31.1 Å². The summed E-state index contributed by atoms with van der Waals surface area (Å²) in [6.07, 6.45) is -5.52. The van der Waals surface area contributed by atoms with E-state index in [1.54, 1.807) is 31.2 Å². The quantitative estimate of drug-likeness (QED) is 0.721. The van der Waals surface area contributed by atoms with Crippen molar-refractivity contribution in [3.8, 4) is 5.75 Å². The molecule has 10 heteroatoms. The van der Waals surface area contributed by atoms with Crippen molar-refractivity contribution in [2.45, 2.75) is 30.3 Å². The number of hydrogen-bond acceptors (Lipinski definition) is 4. The Bertz CT molecular complexity index is 872. The molecule has 0 aliphatic heterocycles. The van der Waals surface area contributed by atoms with Crippen LogP contribution in [0.15, 0.2) is 53.4 Å². The van der Waals surface area contributed by atoms with Crippen molar-refractivity contribution >= 4 is 21.6 Å². The fourth-order valence-electron chi connectivity index (χ4n) is 2.50. The van der Waals surface area contributed by atoms with E-state index in [1.807, 2.05) is 0 Å². The van der Waals surface area contributed by atoms with E-state index < -0.39 is 34.3 Å². The standard InChI is InChI=1S/C17H17ClF3NO4S/c1-11(16(25-2)14-5-3-4-6-15(14)18)22-27(23,24)13-9-7-12(8-10-13)26-17(19,20)21/h3-11,16,22H,1-2H3/t11-,16-/m0/s1. The van der Waals surface area contributed by atoms with Crippen molar-refractivity contribution in [3.05, 3.63) is 59.1 Å². The van der Waals surface area contributed by atoms with Gasteiger partial charge in [0.05, 0.1) is 11.0 Å². The van der Waals surface area contributed by atoms with E-state index in [1.165, 1.54) is 7.11 Å². The van der Waals surface area contributed by atoms with Gasteiger partial charge in [-0.3, -0.25) is 0 Å². The van der Waals surface area contributed by atoms with Crippen molar-refractivity contribution in [1.29, 1.82) is 0 Å². The summed E-state index contributed by atoms with van der Waals surface area (Å²) in [5.74, 6) is -0.514. The molecule has 0 bridgehead atoms. The third-order valence-corrected chi connectivity index (χ3v) is 5.55. The Morgan fingerprint density at radius 2 is 1.67 bits per heavy atom. The number of nitrogens with one attached hydrogen (secondary N) is 1. The van der Waals surface area contributed by atoms with Gasteiger partial charge in [-0.25, -0.2) is 13.1 Å². The molecule has 0 heterocycles. The second kappa shape index (κ2) is 8.47. The van der Waals surface area contributed by atoms with Gasteiger partial charge in [0.1, 0.15) is 5.75 Å². The molecule has 0 saturated carbocycles. The molecule has 0 aromatic heterocycles. The topological polar surface area (TPSA) is 64.6 Å². The van der Waals surface area contributed by atoms with Gasteiger partial charge in [-0.15, -0.1) is 13.2 Å². The van der Waals surface area contributed by atoms with Gasteiger partial charge in [0, 0.05) is 23.7 Å². The SMILES string of the molecule is CO[C@H](c1ccccc1Cl)[C@H](C)NS(=O)(=O)c1ccc(OC(F)(F)F)cc1. The summed E-state index contributed by atoms with van der Waals surface area (Å²) in [5.41, 5.74) is 0.603. The van der Waals surface area contributed by atoms with Crippen molar-refractivity contribution in [1.82, 2.24) is 4.72 Å². The Hall–Kier alpha value is -1.81. The first-order chi connectivity index (χ1) is 12.5. The van der Waals surface area contributed by atoms with Crippen LogP contribution in [0.4, 0.5) is 13.2 Å². The van der Waals surface area contributed by atoms with Gasteiger partial charge in [0.2, 0.25) is 10.0 Å². The zero-order chi connectivity index (χ0) is 20.2. The predicted molar refractivity (Wildman–Crippen MR) is 94.1 cm³/mol. The number of benzene rings is 2. The fraction of sp³-hybridized carbons (Fsp3) is 0.294. The summed E-state index contributed by atoms with van der Waals surface area (Å²) in [6.45, 7) is 1.59. The van der Waals surface area contributed by atoms with E-state index in [2.05, 4.69) is 9.46 Å². The second-order valence-corrected chi connectivity index (χ2v) is 7.73. The number of halogens is 4. The van der Waals surface area contributed by atoms with Crippen LogP contribution in [-0.2, 0) is 14.8 Å². The Morgan fingerprint density at radius 1 is 1.07 bits per heavy atom. The van der Waals surface area contributed by atoms with Gasteiger partial charge in [0.25, 0.3) is 0 Å². The largest absolute Gasteiger partial charge is 0.573 e. The Morgan fingerprint density at radius 3 is 2.19 bits per heavy atom. The van der Waals surface area contributed by atoms with Crippen LogP contribution in [0.1, 0.15) is 18.6 Å². The molecule has 0 aliphatic rings.